The van der Waals surface area contributed by atoms with Gasteiger partial charge in [-0.25, -0.2) is 0 Å². The number of nitrogens with one attached hydrogen (secondary N) is 1. The Morgan fingerprint density at radius 3 is 2.94 bits per heavy atom. The molecule has 4 nitrogen and oxygen atoms in total. The number of anilines is 1. The second kappa shape index (κ2) is 5.31. The summed E-state index contributed by atoms with van der Waals surface area (Å²) in [5.41, 5.74) is 0.806. The van der Waals surface area contributed by atoms with E-state index in [1.54, 1.807) is 23.1 Å². The zero-order valence-electron chi connectivity index (χ0n) is 9.30. The van der Waals surface area contributed by atoms with E-state index in [-0.39, 0.29) is 11.9 Å². The van der Waals surface area contributed by atoms with E-state index in [2.05, 4.69) is 33.0 Å². The molecule has 0 aliphatic carbocycles. The lowest BCUT2D eigenvalue weighted by molar-refractivity contribution is -0.119. The van der Waals surface area contributed by atoms with Gasteiger partial charge in [0.25, 0.3) is 0 Å². The van der Waals surface area contributed by atoms with Gasteiger partial charge in [0, 0.05) is 21.7 Å². The Hall–Kier alpha value is -1.37. The number of amides is 1. The van der Waals surface area contributed by atoms with Crippen molar-refractivity contribution in [3.63, 3.8) is 0 Å². The van der Waals surface area contributed by atoms with Gasteiger partial charge in [-0.05, 0) is 53.8 Å². The summed E-state index contributed by atoms with van der Waals surface area (Å²) in [7, 11) is 0. The molecule has 0 unspecified atom stereocenters. The second-order valence-electron chi connectivity index (χ2n) is 3.66. The van der Waals surface area contributed by atoms with Crippen molar-refractivity contribution in [2.24, 2.45) is 0 Å². The van der Waals surface area contributed by atoms with Crippen molar-refractivity contribution in [3.05, 3.63) is 46.3 Å². The van der Waals surface area contributed by atoms with Crippen molar-refractivity contribution in [1.82, 2.24) is 9.78 Å². The van der Waals surface area contributed by atoms with Crippen LogP contribution in [-0.4, -0.2) is 15.7 Å². The number of hydrogen-bond acceptors (Lipinski definition) is 2. The maximum Gasteiger partial charge on any atom is 0.248 e. The van der Waals surface area contributed by atoms with E-state index in [0.29, 0.717) is 0 Å². The zero-order valence-corrected chi connectivity index (χ0v) is 11.5. The molecule has 17 heavy (non-hydrogen) atoms. The van der Waals surface area contributed by atoms with Crippen LogP contribution in [0, 0.1) is 3.57 Å². The summed E-state index contributed by atoms with van der Waals surface area (Å²) in [6.45, 7) is 1.82. The van der Waals surface area contributed by atoms with E-state index in [1.807, 2.05) is 31.2 Å². The highest BCUT2D eigenvalue weighted by Crippen LogP contribution is 2.14. The smallest absolute Gasteiger partial charge is 0.248 e. The first-order valence-corrected chi connectivity index (χ1v) is 6.30. The quantitative estimate of drug-likeness (QED) is 0.873. The lowest BCUT2D eigenvalue weighted by atomic mass is 10.3. The monoisotopic (exact) mass is 341 g/mol. The Labute approximate surface area is 113 Å². The number of carbonyl (C=O) groups excluding carboxylic acids is 1. The van der Waals surface area contributed by atoms with Crippen LogP contribution < -0.4 is 5.32 Å². The van der Waals surface area contributed by atoms with Gasteiger partial charge in [0.15, 0.2) is 0 Å². The molecular weight excluding hydrogens is 329 g/mol. The van der Waals surface area contributed by atoms with Crippen LogP contribution in [0.3, 0.4) is 0 Å². The van der Waals surface area contributed by atoms with E-state index < -0.39 is 0 Å². The number of rotatable bonds is 3. The summed E-state index contributed by atoms with van der Waals surface area (Å²) >= 11 is 2.21. The largest absolute Gasteiger partial charge is 0.324 e. The van der Waals surface area contributed by atoms with Gasteiger partial charge >= 0.3 is 0 Å². The molecular formula is C12H12IN3O. The predicted molar refractivity (Wildman–Crippen MR) is 74.7 cm³/mol. The molecule has 1 amide bonds. The number of hydrogen-bond donors (Lipinski definition) is 1. The fraction of sp³-hybridized carbons (Fsp3) is 0.167. The van der Waals surface area contributed by atoms with Crippen molar-refractivity contribution < 1.29 is 4.79 Å². The molecule has 0 aliphatic heterocycles. The minimum Gasteiger partial charge on any atom is -0.324 e. The topological polar surface area (TPSA) is 46.9 Å². The fourth-order valence-electron chi connectivity index (χ4n) is 1.44. The van der Waals surface area contributed by atoms with Gasteiger partial charge in [0.1, 0.15) is 6.04 Å². The van der Waals surface area contributed by atoms with E-state index in [9.17, 15) is 4.79 Å². The molecule has 0 bridgehead atoms. The number of aromatic nitrogens is 2. The minimum absolute atomic E-state index is 0.0734. The summed E-state index contributed by atoms with van der Waals surface area (Å²) in [4.78, 5) is 11.9. The first kappa shape index (κ1) is 12.1. The van der Waals surface area contributed by atoms with E-state index in [4.69, 9.17) is 0 Å². The van der Waals surface area contributed by atoms with E-state index in [1.165, 1.54) is 0 Å². The van der Waals surface area contributed by atoms with Crippen molar-refractivity contribution in [2.45, 2.75) is 13.0 Å². The number of carbonyl (C=O) groups is 1. The Bertz CT molecular complexity index is 510. The van der Waals surface area contributed by atoms with Crippen LogP contribution in [0.15, 0.2) is 42.7 Å². The summed E-state index contributed by atoms with van der Waals surface area (Å²) < 4.78 is 2.72. The molecule has 0 saturated carbocycles. The predicted octanol–water partition coefficient (Wildman–Crippen LogP) is 2.69. The van der Waals surface area contributed by atoms with Crippen LogP contribution >= 0.6 is 22.6 Å². The molecule has 88 valence electrons. The van der Waals surface area contributed by atoms with Crippen LogP contribution in [0.5, 0.6) is 0 Å². The molecule has 1 atom stereocenters. The third-order valence-corrected chi connectivity index (χ3v) is 3.06. The van der Waals surface area contributed by atoms with Gasteiger partial charge in [-0.1, -0.05) is 6.07 Å². The van der Waals surface area contributed by atoms with Crippen molar-refractivity contribution in [2.75, 3.05) is 5.32 Å². The molecule has 0 fully saturated rings. The normalized spacial score (nSPS) is 12.1. The Morgan fingerprint density at radius 1 is 1.47 bits per heavy atom. The SMILES string of the molecule is C[C@@H](C(=O)Nc1cccc(I)c1)n1cccn1. The molecule has 0 radical (unpaired) electrons. The maximum atomic E-state index is 11.9. The molecule has 2 rings (SSSR count). The van der Waals surface area contributed by atoms with E-state index in [0.717, 1.165) is 9.26 Å². The number of halogens is 1. The van der Waals surface area contributed by atoms with Gasteiger partial charge < -0.3 is 5.32 Å². The van der Waals surface area contributed by atoms with Crippen molar-refractivity contribution in [1.29, 1.82) is 0 Å². The van der Waals surface area contributed by atoms with Gasteiger partial charge in [0.05, 0.1) is 0 Å². The molecule has 0 aliphatic rings. The van der Waals surface area contributed by atoms with E-state index >= 15 is 0 Å². The van der Waals surface area contributed by atoms with Crippen LogP contribution in [0.4, 0.5) is 5.69 Å². The van der Waals surface area contributed by atoms with Gasteiger partial charge in [0.2, 0.25) is 5.91 Å². The molecule has 0 saturated heterocycles. The highest BCUT2D eigenvalue weighted by Gasteiger charge is 2.14. The standard InChI is InChI=1S/C12H12IN3O/c1-9(16-7-3-6-14-16)12(17)15-11-5-2-4-10(13)8-11/h2-9H,1H3,(H,15,17)/t9-/m0/s1. The number of benzene rings is 1. The first-order chi connectivity index (χ1) is 8.16. The highest BCUT2D eigenvalue weighted by atomic mass is 127. The molecule has 1 N–H and O–H groups in total. The van der Waals surface area contributed by atoms with Gasteiger partial charge in [-0.15, -0.1) is 0 Å². The second-order valence-corrected chi connectivity index (χ2v) is 4.91. The van der Waals surface area contributed by atoms with Crippen LogP contribution in [0.25, 0.3) is 0 Å². The average Bonchev–Trinajstić information content (AvgIpc) is 2.81. The molecule has 2 aromatic rings. The maximum absolute atomic E-state index is 11.9. The van der Waals surface area contributed by atoms with Crippen LogP contribution in [-0.2, 0) is 4.79 Å². The molecule has 1 aromatic carbocycles. The van der Waals surface area contributed by atoms with Crippen LogP contribution in [0.2, 0.25) is 0 Å². The third kappa shape index (κ3) is 3.06. The summed E-state index contributed by atoms with van der Waals surface area (Å²) in [5, 5.41) is 6.92. The number of nitrogens with zero attached hydrogens (tertiary/aromatic N) is 2. The fourth-order valence-corrected chi connectivity index (χ4v) is 1.99. The summed E-state index contributed by atoms with van der Waals surface area (Å²) in [5.74, 6) is -0.0734. The van der Waals surface area contributed by atoms with Gasteiger partial charge in [-0.2, -0.15) is 5.10 Å². The lowest BCUT2D eigenvalue weighted by Gasteiger charge is -2.12. The first-order valence-electron chi connectivity index (χ1n) is 5.22. The van der Waals surface area contributed by atoms with Gasteiger partial charge in [-0.3, -0.25) is 9.48 Å². The molecule has 1 aromatic heterocycles. The molecule has 5 heteroatoms. The summed E-state index contributed by atoms with van der Waals surface area (Å²) in [6, 6.07) is 9.17. The third-order valence-electron chi connectivity index (χ3n) is 2.39. The zero-order chi connectivity index (χ0) is 12.3. The Morgan fingerprint density at radius 2 is 2.29 bits per heavy atom. The average molecular weight is 341 g/mol. The summed E-state index contributed by atoms with van der Waals surface area (Å²) in [6.07, 6.45) is 3.44. The molecule has 0 spiro atoms. The van der Waals surface area contributed by atoms with Crippen molar-refractivity contribution >= 4 is 34.2 Å². The minimum atomic E-state index is -0.317. The van der Waals surface area contributed by atoms with Crippen molar-refractivity contribution in [3.8, 4) is 0 Å². The Balaban J connectivity index is 2.07. The highest BCUT2D eigenvalue weighted by molar-refractivity contribution is 14.1. The molecule has 1 heterocycles. The van der Waals surface area contributed by atoms with Crippen LogP contribution in [0.1, 0.15) is 13.0 Å². The lowest BCUT2D eigenvalue weighted by Crippen LogP contribution is -2.23. The Kier molecular flexibility index (Phi) is 3.78.